The van der Waals surface area contributed by atoms with Crippen LogP contribution < -0.4 is 10.6 Å². The number of rotatable bonds is 1. The lowest BCUT2D eigenvalue weighted by Gasteiger charge is -2.19. The van der Waals surface area contributed by atoms with Gasteiger partial charge in [0.15, 0.2) is 0 Å². The molecule has 1 aromatic carbocycles. The van der Waals surface area contributed by atoms with Gasteiger partial charge in [0.25, 0.3) is 0 Å². The molecule has 3 nitrogen and oxygen atoms in total. The normalized spacial score (nSPS) is 21.1. The van der Waals surface area contributed by atoms with Crippen molar-refractivity contribution in [2.75, 3.05) is 11.4 Å². The summed E-state index contributed by atoms with van der Waals surface area (Å²) in [6.45, 7) is 2.19. The first-order chi connectivity index (χ1) is 7.09. The van der Waals surface area contributed by atoms with Gasteiger partial charge in [-0.15, -0.1) is 0 Å². The number of nitrogens with two attached hydrogens (primary N) is 1. The van der Waals surface area contributed by atoms with Crippen LogP contribution in [0.2, 0.25) is 0 Å². The molecule has 4 heteroatoms. The number of para-hydroxylation sites is 1. The molecule has 1 aliphatic rings. The first kappa shape index (κ1) is 10.1. The number of carbonyl (C=O) groups is 1. The van der Waals surface area contributed by atoms with Crippen LogP contribution in [-0.2, 0) is 4.79 Å². The van der Waals surface area contributed by atoms with Gasteiger partial charge in [0.2, 0.25) is 5.91 Å². The van der Waals surface area contributed by atoms with Gasteiger partial charge in [0.1, 0.15) is 5.82 Å². The van der Waals surface area contributed by atoms with Crippen LogP contribution in [0.4, 0.5) is 10.1 Å². The zero-order valence-corrected chi connectivity index (χ0v) is 8.53. The molecule has 0 radical (unpaired) electrons. The van der Waals surface area contributed by atoms with E-state index in [2.05, 4.69) is 0 Å². The van der Waals surface area contributed by atoms with E-state index in [1.54, 1.807) is 19.1 Å². The number of anilines is 1. The van der Waals surface area contributed by atoms with E-state index in [1.807, 2.05) is 0 Å². The lowest BCUT2D eigenvalue weighted by molar-refractivity contribution is -0.117. The van der Waals surface area contributed by atoms with Crippen LogP contribution in [-0.4, -0.2) is 18.5 Å². The standard InChI is InChI=1S/C11H13FN2O/c1-7-3-2-4-9(12)11(7)14-6-8(13)5-10(14)15/h2-4,8H,5-6,13H2,1H3. The summed E-state index contributed by atoms with van der Waals surface area (Å²) in [7, 11) is 0. The molecule has 2 rings (SSSR count). The predicted molar refractivity (Wildman–Crippen MR) is 56.1 cm³/mol. The molecule has 0 aliphatic carbocycles. The van der Waals surface area contributed by atoms with Gasteiger partial charge < -0.3 is 10.6 Å². The Morgan fingerprint density at radius 1 is 1.53 bits per heavy atom. The summed E-state index contributed by atoms with van der Waals surface area (Å²) in [5.74, 6) is -0.465. The predicted octanol–water partition coefficient (Wildman–Crippen LogP) is 1.20. The van der Waals surface area contributed by atoms with Crippen molar-refractivity contribution in [3.8, 4) is 0 Å². The third kappa shape index (κ3) is 1.72. The van der Waals surface area contributed by atoms with E-state index in [-0.39, 0.29) is 17.8 Å². The van der Waals surface area contributed by atoms with Crippen molar-refractivity contribution in [2.45, 2.75) is 19.4 Å². The van der Waals surface area contributed by atoms with E-state index in [0.717, 1.165) is 5.56 Å². The number of benzene rings is 1. The molecular formula is C11H13FN2O. The minimum atomic E-state index is -0.363. The lowest BCUT2D eigenvalue weighted by Crippen LogP contribution is -2.29. The van der Waals surface area contributed by atoms with Crippen molar-refractivity contribution in [3.05, 3.63) is 29.6 Å². The van der Waals surface area contributed by atoms with E-state index in [9.17, 15) is 9.18 Å². The number of hydrogen-bond donors (Lipinski definition) is 1. The van der Waals surface area contributed by atoms with Gasteiger partial charge in [-0.1, -0.05) is 12.1 Å². The van der Waals surface area contributed by atoms with Crippen LogP contribution in [0, 0.1) is 12.7 Å². The van der Waals surface area contributed by atoms with E-state index in [1.165, 1.54) is 11.0 Å². The van der Waals surface area contributed by atoms with Crippen LogP contribution in [0.1, 0.15) is 12.0 Å². The van der Waals surface area contributed by atoms with Gasteiger partial charge in [-0.2, -0.15) is 0 Å². The third-order valence-corrected chi connectivity index (χ3v) is 2.61. The molecule has 15 heavy (non-hydrogen) atoms. The maximum atomic E-state index is 13.6. The largest absolute Gasteiger partial charge is 0.326 e. The summed E-state index contributed by atoms with van der Waals surface area (Å²) < 4.78 is 13.6. The van der Waals surface area contributed by atoms with Crippen LogP contribution in [0.25, 0.3) is 0 Å². The zero-order chi connectivity index (χ0) is 11.0. The second-order valence-corrected chi connectivity index (χ2v) is 3.87. The first-order valence-corrected chi connectivity index (χ1v) is 4.90. The molecule has 0 saturated carbocycles. The Morgan fingerprint density at radius 2 is 2.27 bits per heavy atom. The monoisotopic (exact) mass is 208 g/mol. The summed E-state index contributed by atoms with van der Waals surface area (Å²) >= 11 is 0. The van der Waals surface area contributed by atoms with Crippen molar-refractivity contribution in [3.63, 3.8) is 0 Å². The van der Waals surface area contributed by atoms with E-state index in [0.29, 0.717) is 18.7 Å². The van der Waals surface area contributed by atoms with E-state index < -0.39 is 0 Å². The lowest BCUT2D eigenvalue weighted by atomic mass is 10.2. The average molecular weight is 208 g/mol. The van der Waals surface area contributed by atoms with E-state index in [4.69, 9.17) is 5.73 Å². The van der Waals surface area contributed by atoms with Crippen LogP contribution in [0.3, 0.4) is 0 Å². The number of amides is 1. The fourth-order valence-corrected chi connectivity index (χ4v) is 1.92. The van der Waals surface area contributed by atoms with Gasteiger partial charge in [0.05, 0.1) is 5.69 Å². The third-order valence-electron chi connectivity index (χ3n) is 2.61. The van der Waals surface area contributed by atoms with Gasteiger partial charge in [-0.3, -0.25) is 4.79 Å². The Kier molecular flexibility index (Phi) is 2.44. The first-order valence-electron chi connectivity index (χ1n) is 4.90. The Morgan fingerprint density at radius 3 is 2.80 bits per heavy atom. The molecule has 1 aliphatic heterocycles. The molecule has 0 aromatic heterocycles. The number of nitrogens with zero attached hydrogens (tertiary/aromatic N) is 1. The molecule has 1 atom stereocenters. The molecule has 1 fully saturated rings. The van der Waals surface area contributed by atoms with Crippen molar-refractivity contribution in [1.82, 2.24) is 0 Å². The van der Waals surface area contributed by atoms with Crippen molar-refractivity contribution in [1.29, 1.82) is 0 Å². The highest BCUT2D eigenvalue weighted by atomic mass is 19.1. The summed E-state index contributed by atoms with van der Waals surface area (Å²) in [5.41, 5.74) is 6.80. The topological polar surface area (TPSA) is 46.3 Å². The molecule has 1 aromatic rings. The Labute approximate surface area is 87.7 Å². The fraction of sp³-hybridized carbons (Fsp3) is 0.364. The molecule has 1 heterocycles. The van der Waals surface area contributed by atoms with E-state index >= 15 is 0 Å². The highest BCUT2D eigenvalue weighted by Gasteiger charge is 2.30. The number of carbonyl (C=O) groups excluding carboxylic acids is 1. The Hall–Kier alpha value is -1.42. The van der Waals surface area contributed by atoms with Gasteiger partial charge in [0, 0.05) is 19.0 Å². The van der Waals surface area contributed by atoms with Crippen molar-refractivity contribution in [2.24, 2.45) is 5.73 Å². The zero-order valence-electron chi connectivity index (χ0n) is 8.53. The smallest absolute Gasteiger partial charge is 0.228 e. The SMILES string of the molecule is Cc1cccc(F)c1N1CC(N)CC1=O. The maximum absolute atomic E-state index is 13.6. The average Bonchev–Trinajstić information content (AvgIpc) is 2.45. The molecule has 0 spiro atoms. The number of hydrogen-bond acceptors (Lipinski definition) is 2. The van der Waals surface area contributed by atoms with Crippen molar-refractivity contribution < 1.29 is 9.18 Å². The molecular weight excluding hydrogens is 195 g/mol. The molecule has 1 saturated heterocycles. The van der Waals surface area contributed by atoms with Crippen LogP contribution in [0.15, 0.2) is 18.2 Å². The summed E-state index contributed by atoms with van der Waals surface area (Å²) in [4.78, 5) is 13.0. The second-order valence-electron chi connectivity index (χ2n) is 3.87. The minimum Gasteiger partial charge on any atom is -0.326 e. The molecule has 1 amide bonds. The molecule has 2 N–H and O–H groups in total. The fourth-order valence-electron chi connectivity index (χ4n) is 1.92. The second kappa shape index (κ2) is 3.62. The summed E-state index contributed by atoms with van der Waals surface area (Å²) in [5, 5.41) is 0. The van der Waals surface area contributed by atoms with Crippen LogP contribution >= 0.6 is 0 Å². The van der Waals surface area contributed by atoms with Gasteiger partial charge in [-0.05, 0) is 18.6 Å². The Bertz CT molecular complexity index is 385. The Balaban J connectivity index is 2.41. The maximum Gasteiger partial charge on any atom is 0.228 e. The quantitative estimate of drug-likeness (QED) is 0.753. The molecule has 0 bridgehead atoms. The van der Waals surface area contributed by atoms with Crippen molar-refractivity contribution >= 4 is 11.6 Å². The minimum absolute atomic E-state index is 0.101. The summed E-state index contributed by atoms with van der Waals surface area (Å²) in [6, 6.07) is 4.60. The number of aryl methyl sites for hydroxylation is 1. The molecule has 1 unspecified atom stereocenters. The van der Waals surface area contributed by atoms with Gasteiger partial charge >= 0.3 is 0 Å². The highest BCUT2D eigenvalue weighted by Crippen LogP contribution is 2.27. The van der Waals surface area contributed by atoms with Crippen LogP contribution in [0.5, 0.6) is 0 Å². The highest BCUT2D eigenvalue weighted by molar-refractivity contribution is 5.97. The van der Waals surface area contributed by atoms with Gasteiger partial charge in [-0.25, -0.2) is 4.39 Å². The number of halogens is 1. The summed E-state index contributed by atoms with van der Waals surface area (Å²) in [6.07, 6.45) is 0.299. The molecule has 80 valence electrons.